The van der Waals surface area contributed by atoms with Gasteiger partial charge in [-0.1, -0.05) is 41.9 Å². The highest BCUT2D eigenvalue weighted by Crippen LogP contribution is 2.16. The zero-order valence-corrected chi connectivity index (χ0v) is 13.0. The molecule has 0 fully saturated rings. The van der Waals surface area contributed by atoms with Crippen molar-refractivity contribution in [3.63, 3.8) is 0 Å². The Kier molecular flexibility index (Phi) is 5.71. The molecule has 0 atom stereocenters. The minimum Gasteiger partial charge on any atom is -0.465 e. The van der Waals surface area contributed by atoms with Crippen molar-refractivity contribution in [1.82, 2.24) is 0 Å². The zero-order chi connectivity index (χ0) is 16.7. The Balaban J connectivity index is 2.08. The van der Waals surface area contributed by atoms with Gasteiger partial charge in [0, 0.05) is 5.69 Å². The lowest BCUT2D eigenvalue weighted by molar-refractivity contribution is -0.110. The van der Waals surface area contributed by atoms with Crippen LogP contribution in [0, 0.1) is 0 Å². The Labute approximate surface area is 138 Å². The fourth-order valence-corrected chi connectivity index (χ4v) is 1.82. The van der Waals surface area contributed by atoms with Gasteiger partial charge in [-0.15, -0.1) is 0 Å². The lowest BCUT2D eigenvalue weighted by Crippen LogP contribution is -2.19. The molecule has 0 unspecified atom stereocenters. The molecule has 0 saturated carbocycles. The molecular formula is C16H14ClN3O3. The van der Waals surface area contributed by atoms with Crippen LogP contribution in [0.4, 0.5) is 11.4 Å². The van der Waals surface area contributed by atoms with E-state index in [4.69, 9.17) is 11.6 Å². The number of hydrogen-bond donors (Lipinski definition) is 2. The van der Waals surface area contributed by atoms with Crippen LogP contribution in [0.1, 0.15) is 10.4 Å². The normalized spacial score (nSPS) is 10.8. The summed E-state index contributed by atoms with van der Waals surface area (Å²) in [7, 11) is 1.28. The summed E-state index contributed by atoms with van der Waals surface area (Å²) in [4.78, 5) is 23.5. The first-order chi connectivity index (χ1) is 11.1. The second-order valence-corrected chi connectivity index (χ2v) is 4.73. The predicted molar refractivity (Wildman–Crippen MR) is 89.8 cm³/mol. The average Bonchev–Trinajstić information content (AvgIpc) is 2.60. The number of hydrazone groups is 1. The maximum absolute atomic E-state index is 11.9. The summed E-state index contributed by atoms with van der Waals surface area (Å²) >= 11 is 5.86. The number of carbonyl (C=O) groups is 2. The van der Waals surface area contributed by atoms with Crippen molar-refractivity contribution in [2.45, 2.75) is 0 Å². The number of ether oxygens (including phenoxy) is 1. The molecule has 6 nitrogen and oxygen atoms in total. The number of carbonyl (C=O) groups excluding carboxylic acids is 2. The largest absolute Gasteiger partial charge is 0.465 e. The maximum Gasteiger partial charge on any atom is 0.340 e. The molecule has 23 heavy (non-hydrogen) atoms. The molecule has 0 aromatic heterocycles. The smallest absolute Gasteiger partial charge is 0.340 e. The summed E-state index contributed by atoms with van der Waals surface area (Å²) in [6, 6.07) is 15.4. The third kappa shape index (κ3) is 4.55. The zero-order valence-electron chi connectivity index (χ0n) is 12.2. The van der Waals surface area contributed by atoms with Gasteiger partial charge in [-0.05, 0) is 24.3 Å². The van der Waals surface area contributed by atoms with Crippen LogP contribution in [0.5, 0.6) is 0 Å². The van der Waals surface area contributed by atoms with Crippen LogP contribution in [0.2, 0.25) is 0 Å². The lowest BCUT2D eigenvalue weighted by Gasteiger charge is -2.07. The fraction of sp³-hybridized carbons (Fsp3) is 0.0625. The Bertz CT molecular complexity index is 732. The monoisotopic (exact) mass is 331 g/mol. The molecule has 0 saturated heterocycles. The molecule has 2 N–H and O–H groups in total. The molecule has 7 heteroatoms. The van der Waals surface area contributed by atoms with Gasteiger partial charge in [0.15, 0.2) is 0 Å². The van der Waals surface area contributed by atoms with E-state index >= 15 is 0 Å². The van der Waals surface area contributed by atoms with Crippen LogP contribution in [0.3, 0.4) is 0 Å². The van der Waals surface area contributed by atoms with Crippen molar-refractivity contribution >= 4 is 40.0 Å². The maximum atomic E-state index is 11.9. The number of nitrogens with zero attached hydrogens (tertiary/aromatic N) is 1. The Morgan fingerprint density at radius 2 is 1.70 bits per heavy atom. The van der Waals surface area contributed by atoms with Gasteiger partial charge in [-0.25, -0.2) is 4.79 Å². The average molecular weight is 332 g/mol. The van der Waals surface area contributed by atoms with Crippen LogP contribution in [0.15, 0.2) is 59.7 Å². The first-order valence-corrected chi connectivity index (χ1v) is 7.02. The number of hydrogen-bond acceptors (Lipinski definition) is 5. The predicted octanol–water partition coefficient (Wildman–Crippen LogP) is 3.08. The van der Waals surface area contributed by atoms with Crippen molar-refractivity contribution in [2.75, 3.05) is 17.9 Å². The number of amides is 1. The van der Waals surface area contributed by atoms with Crippen molar-refractivity contribution in [2.24, 2.45) is 5.10 Å². The summed E-state index contributed by atoms with van der Waals surface area (Å²) < 4.78 is 4.67. The van der Waals surface area contributed by atoms with Gasteiger partial charge in [0.25, 0.3) is 5.91 Å². The van der Waals surface area contributed by atoms with Gasteiger partial charge in [0.05, 0.1) is 18.4 Å². The van der Waals surface area contributed by atoms with Gasteiger partial charge < -0.3 is 10.1 Å². The van der Waals surface area contributed by atoms with Crippen molar-refractivity contribution in [3.8, 4) is 0 Å². The molecule has 2 aromatic rings. The Morgan fingerprint density at radius 3 is 2.39 bits per heavy atom. The molecule has 0 spiro atoms. The number of anilines is 2. The number of esters is 1. The van der Waals surface area contributed by atoms with E-state index in [9.17, 15) is 9.59 Å². The van der Waals surface area contributed by atoms with Crippen molar-refractivity contribution < 1.29 is 14.3 Å². The quantitative estimate of drug-likeness (QED) is 0.501. The summed E-state index contributed by atoms with van der Waals surface area (Å²) in [6.07, 6.45) is 0. The van der Waals surface area contributed by atoms with Gasteiger partial charge in [-0.3, -0.25) is 10.2 Å². The van der Waals surface area contributed by atoms with Gasteiger partial charge in [-0.2, -0.15) is 5.10 Å². The molecule has 1 amide bonds. The highest BCUT2D eigenvalue weighted by Gasteiger charge is 2.12. The second-order valence-electron chi connectivity index (χ2n) is 4.37. The third-order valence-corrected chi connectivity index (χ3v) is 3.08. The van der Waals surface area contributed by atoms with E-state index in [2.05, 4.69) is 20.6 Å². The molecule has 2 aromatic carbocycles. The number of nitrogens with one attached hydrogen (secondary N) is 2. The van der Waals surface area contributed by atoms with Crippen LogP contribution in [-0.2, 0) is 9.53 Å². The van der Waals surface area contributed by atoms with Gasteiger partial charge >= 0.3 is 5.97 Å². The minimum atomic E-state index is -0.569. The molecule has 0 radical (unpaired) electrons. The molecule has 118 valence electrons. The summed E-state index contributed by atoms with van der Waals surface area (Å²) in [5, 5.41) is 6.08. The standard InChI is InChI=1S/C16H14ClN3O3/c1-23-16(22)12-9-5-6-10-13(12)19-20-14(17)15(21)18-11-7-3-2-4-8-11/h2-10,19H,1H3,(H,18,21)/b20-14+. The third-order valence-electron chi connectivity index (χ3n) is 2.83. The van der Waals surface area contributed by atoms with Crippen molar-refractivity contribution in [3.05, 3.63) is 60.2 Å². The van der Waals surface area contributed by atoms with E-state index in [1.54, 1.807) is 48.5 Å². The molecule has 0 aliphatic rings. The summed E-state index contributed by atoms with van der Waals surface area (Å²) in [6.45, 7) is 0. The number of benzene rings is 2. The molecular weight excluding hydrogens is 318 g/mol. The Hall–Kier alpha value is -2.86. The fourth-order valence-electron chi connectivity index (χ4n) is 1.73. The van der Waals surface area contributed by atoms with E-state index in [0.717, 1.165) is 0 Å². The van der Waals surface area contributed by atoms with Gasteiger partial charge in [0.1, 0.15) is 0 Å². The summed E-state index contributed by atoms with van der Waals surface area (Å²) in [5.41, 5.74) is 3.85. The minimum absolute atomic E-state index is 0.284. The molecule has 0 heterocycles. The van der Waals surface area contributed by atoms with Crippen molar-refractivity contribution in [1.29, 1.82) is 0 Å². The van der Waals surface area contributed by atoms with Crippen LogP contribution in [-0.4, -0.2) is 24.2 Å². The second kappa shape index (κ2) is 7.95. The molecule has 0 aliphatic heterocycles. The van der Waals surface area contributed by atoms with E-state index in [1.807, 2.05) is 6.07 Å². The highest BCUT2D eigenvalue weighted by atomic mass is 35.5. The van der Waals surface area contributed by atoms with E-state index < -0.39 is 11.9 Å². The first-order valence-electron chi connectivity index (χ1n) is 6.64. The first kappa shape index (κ1) is 16.5. The lowest BCUT2D eigenvalue weighted by atomic mass is 10.2. The molecule has 2 rings (SSSR count). The number of para-hydroxylation sites is 2. The van der Waals surface area contributed by atoms with Crippen LogP contribution < -0.4 is 10.7 Å². The van der Waals surface area contributed by atoms with E-state index in [-0.39, 0.29) is 10.7 Å². The topological polar surface area (TPSA) is 79.8 Å². The number of rotatable bonds is 5. The van der Waals surface area contributed by atoms with E-state index in [0.29, 0.717) is 11.4 Å². The van der Waals surface area contributed by atoms with Gasteiger partial charge in [0.2, 0.25) is 5.17 Å². The number of methoxy groups -OCH3 is 1. The van der Waals surface area contributed by atoms with Crippen LogP contribution in [0.25, 0.3) is 0 Å². The highest BCUT2D eigenvalue weighted by molar-refractivity contribution is 6.84. The molecule has 0 aliphatic carbocycles. The summed E-state index contributed by atoms with van der Waals surface area (Å²) in [5.74, 6) is -1.09. The van der Waals surface area contributed by atoms with E-state index in [1.165, 1.54) is 7.11 Å². The number of halogens is 1. The molecule has 0 bridgehead atoms. The van der Waals surface area contributed by atoms with Crippen LogP contribution >= 0.6 is 11.6 Å². The Morgan fingerprint density at radius 1 is 1.04 bits per heavy atom. The SMILES string of the molecule is COC(=O)c1ccccc1N/N=C(/Cl)C(=O)Nc1ccccc1.